The number of ether oxygens (including phenoxy) is 2. The molecule has 4 heteroatoms. The summed E-state index contributed by atoms with van der Waals surface area (Å²) in [6.45, 7) is 2.66. The molecule has 0 aliphatic heterocycles. The number of carbonyl (C=O) groups is 1. The van der Waals surface area contributed by atoms with Crippen LogP contribution in [0.1, 0.15) is 6.92 Å². The number of methoxy groups -OCH3 is 1. The molecule has 0 amide bonds. The lowest BCUT2D eigenvalue weighted by Crippen LogP contribution is -1.80. The maximum atomic E-state index is 9.18. The molecule has 86 valence electrons. The molecule has 2 aromatic rings. The predicted octanol–water partition coefficient (Wildman–Crippen LogP) is 2.36. The lowest BCUT2D eigenvalue weighted by Gasteiger charge is -1.97. The van der Waals surface area contributed by atoms with Gasteiger partial charge in [0.05, 0.1) is 13.7 Å². The molecule has 0 aliphatic rings. The third-order valence-corrected chi connectivity index (χ3v) is 2.00. The van der Waals surface area contributed by atoms with Crippen molar-refractivity contribution in [2.24, 2.45) is 0 Å². The molecule has 2 rings (SSSR count). The Morgan fingerprint density at radius 3 is 2.75 bits per heavy atom. The first-order valence-corrected chi connectivity index (χ1v) is 4.98. The van der Waals surface area contributed by atoms with Crippen LogP contribution in [0, 0.1) is 0 Å². The lowest BCUT2D eigenvalue weighted by atomic mass is 10.2. The van der Waals surface area contributed by atoms with E-state index in [4.69, 9.17) is 4.74 Å². The highest BCUT2D eigenvalue weighted by Crippen LogP contribution is 2.18. The fraction of sp³-hybridized carbons (Fsp3) is 0.250. The number of benzene rings is 1. The van der Waals surface area contributed by atoms with Crippen molar-refractivity contribution in [3.8, 4) is 5.75 Å². The summed E-state index contributed by atoms with van der Waals surface area (Å²) < 4.78 is 9.23. The van der Waals surface area contributed by atoms with E-state index in [0.29, 0.717) is 13.1 Å². The SMILES string of the molecule is CCOC=O.COc1ccc2[nH]ccc2c1. The Kier molecular flexibility index (Phi) is 4.92. The van der Waals surface area contributed by atoms with Crippen LogP contribution in [0.2, 0.25) is 0 Å². The summed E-state index contributed by atoms with van der Waals surface area (Å²) in [5.41, 5.74) is 1.14. The van der Waals surface area contributed by atoms with Gasteiger partial charge < -0.3 is 14.5 Å². The van der Waals surface area contributed by atoms with E-state index >= 15 is 0 Å². The smallest absolute Gasteiger partial charge is 0.293 e. The molecule has 16 heavy (non-hydrogen) atoms. The fourth-order valence-electron chi connectivity index (χ4n) is 1.23. The van der Waals surface area contributed by atoms with Crippen LogP contribution in [-0.2, 0) is 9.53 Å². The van der Waals surface area contributed by atoms with Crippen molar-refractivity contribution >= 4 is 17.4 Å². The first-order valence-electron chi connectivity index (χ1n) is 4.98. The third kappa shape index (κ3) is 3.31. The van der Waals surface area contributed by atoms with Gasteiger partial charge in [0.15, 0.2) is 0 Å². The van der Waals surface area contributed by atoms with Gasteiger partial charge in [0.2, 0.25) is 0 Å². The summed E-state index contributed by atoms with van der Waals surface area (Å²) in [6.07, 6.45) is 1.92. The van der Waals surface area contributed by atoms with Gasteiger partial charge in [-0.3, -0.25) is 4.79 Å². The minimum atomic E-state index is 0.431. The normalized spacial score (nSPS) is 9.12. The van der Waals surface area contributed by atoms with E-state index in [-0.39, 0.29) is 0 Å². The minimum Gasteiger partial charge on any atom is -0.497 e. The third-order valence-electron chi connectivity index (χ3n) is 2.00. The molecule has 0 unspecified atom stereocenters. The highest BCUT2D eigenvalue weighted by Gasteiger charge is 1.94. The number of aromatic amines is 1. The molecule has 1 aromatic carbocycles. The van der Waals surface area contributed by atoms with Crippen LogP contribution in [0.4, 0.5) is 0 Å². The fourth-order valence-corrected chi connectivity index (χ4v) is 1.23. The molecular formula is C12H15NO3. The van der Waals surface area contributed by atoms with Crippen LogP contribution in [0.25, 0.3) is 10.9 Å². The van der Waals surface area contributed by atoms with Gasteiger partial charge in [0.1, 0.15) is 5.75 Å². The van der Waals surface area contributed by atoms with Gasteiger partial charge in [-0.1, -0.05) is 0 Å². The van der Waals surface area contributed by atoms with Crippen LogP contribution in [0.15, 0.2) is 30.5 Å². The van der Waals surface area contributed by atoms with Gasteiger partial charge in [-0.15, -0.1) is 0 Å². The molecule has 0 fully saturated rings. The zero-order valence-corrected chi connectivity index (χ0v) is 9.40. The van der Waals surface area contributed by atoms with Gasteiger partial charge in [-0.25, -0.2) is 0 Å². The van der Waals surface area contributed by atoms with E-state index in [1.165, 1.54) is 5.39 Å². The number of rotatable bonds is 3. The largest absolute Gasteiger partial charge is 0.497 e. The van der Waals surface area contributed by atoms with E-state index in [1.807, 2.05) is 30.5 Å². The summed E-state index contributed by atoms with van der Waals surface area (Å²) in [4.78, 5) is 12.3. The van der Waals surface area contributed by atoms with Gasteiger partial charge >= 0.3 is 0 Å². The van der Waals surface area contributed by atoms with Gasteiger partial charge in [0.25, 0.3) is 6.47 Å². The number of hydrogen-bond donors (Lipinski definition) is 1. The number of fused-ring (bicyclic) bond motifs is 1. The Morgan fingerprint density at radius 2 is 2.19 bits per heavy atom. The molecule has 0 aliphatic carbocycles. The van der Waals surface area contributed by atoms with E-state index in [2.05, 4.69) is 9.72 Å². The number of hydrogen-bond acceptors (Lipinski definition) is 3. The second-order valence-corrected chi connectivity index (χ2v) is 2.98. The second kappa shape index (κ2) is 6.50. The van der Waals surface area contributed by atoms with Crippen molar-refractivity contribution in [3.63, 3.8) is 0 Å². The molecule has 0 atom stereocenters. The quantitative estimate of drug-likeness (QED) is 0.809. The minimum absolute atomic E-state index is 0.431. The number of H-pyrrole nitrogens is 1. The van der Waals surface area contributed by atoms with E-state index in [0.717, 1.165) is 11.3 Å². The Bertz CT molecular complexity index is 437. The number of nitrogens with one attached hydrogen (secondary N) is 1. The Balaban J connectivity index is 0.000000221. The second-order valence-electron chi connectivity index (χ2n) is 2.98. The number of carbonyl (C=O) groups excluding carboxylic acids is 1. The maximum Gasteiger partial charge on any atom is 0.293 e. The lowest BCUT2D eigenvalue weighted by molar-refractivity contribution is -0.128. The summed E-state index contributed by atoms with van der Waals surface area (Å²) in [7, 11) is 1.67. The van der Waals surface area contributed by atoms with Crippen molar-refractivity contribution in [1.29, 1.82) is 0 Å². The predicted molar refractivity (Wildman–Crippen MR) is 62.5 cm³/mol. The topological polar surface area (TPSA) is 51.3 Å². The summed E-state index contributed by atoms with van der Waals surface area (Å²) in [6, 6.07) is 7.98. The summed E-state index contributed by atoms with van der Waals surface area (Å²) in [5.74, 6) is 0.900. The molecule has 0 bridgehead atoms. The van der Waals surface area contributed by atoms with Crippen molar-refractivity contribution in [1.82, 2.24) is 4.98 Å². The number of aromatic nitrogens is 1. The van der Waals surface area contributed by atoms with Crippen molar-refractivity contribution in [2.75, 3.05) is 13.7 Å². The van der Waals surface area contributed by atoms with E-state index < -0.39 is 0 Å². The van der Waals surface area contributed by atoms with Crippen LogP contribution >= 0.6 is 0 Å². The Hall–Kier alpha value is -1.97. The molecule has 1 N–H and O–H groups in total. The average molecular weight is 221 g/mol. The van der Waals surface area contributed by atoms with Crippen LogP contribution in [0.5, 0.6) is 5.75 Å². The average Bonchev–Trinajstić information content (AvgIpc) is 2.77. The van der Waals surface area contributed by atoms with Crippen LogP contribution in [0.3, 0.4) is 0 Å². The zero-order chi connectivity index (χ0) is 11.8. The molecule has 4 nitrogen and oxygen atoms in total. The van der Waals surface area contributed by atoms with E-state index in [9.17, 15) is 4.79 Å². The van der Waals surface area contributed by atoms with Gasteiger partial charge in [0, 0.05) is 17.1 Å². The van der Waals surface area contributed by atoms with Gasteiger partial charge in [-0.2, -0.15) is 0 Å². The first-order chi connectivity index (χ1) is 7.81. The van der Waals surface area contributed by atoms with Crippen molar-refractivity contribution < 1.29 is 14.3 Å². The van der Waals surface area contributed by atoms with Crippen molar-refractivity contribution in [2.45, 2.75) is 6.92 Å². The van der Waals surface area contributed by atoms with E-state index in [1.54, 1.807) is 14.0 Å². The first kappa shape index (κ1) is 12.1. The molecule has 0 saturated heterocycles. The molecule has 0 spiro atoms. The van der Waals surface area contributed by atoms with Crippen molar-refractivity contribution in [3.05, 3.63) is 30.5 Å². The summed E-state index contributed by atoms with van der Waals surface area (Å²) >= 11 is 0. The molecule has 1 aromatic heterocycles. The van der Waals surface area contributed by atoms with Crippen LogP contribution < -0.4 is 4.74 Å². The Labute approximate surface area is 94.2 Å². The Morgan fingerprint density at radius 1 is 1.38 bits per heavy atom. The van der Waals surface area contributed by atoms with Crippen LogP contribution in [-0.4, -0.2) is 25.2 Å². The highest BCUT2D eigenvalue weighted by molar-refractivity contribution is 5.80. The maximum absolute atomic E-state index is 9.18. The highest BCUT2D eigenvalue weighted by atomic mass is 16.5. The zero-order valence-electron chi connectivity index (χ0n) is 9.40. The summed E-state index contributed by atoms with van der Waals surface area (Å²) in [5, 5.41) is 1.18. The monoisotopic (exact) mass is 221 g/mol. The molecule has 0 saturated carbocycles. The molecular weight excluding hydrogens is 206 g/mol. The standard InChI is InChI=1S/C9H9NO.C3H6O2/c1-11-8-2-3-9-7(6-8)4-5-10-9;1-2-5-3-4/h2-6,10H,1H3;3H,2H2,1H3. The molecule has 0 radical (unpaired) electrons. The van der Waals surface area contributed by atoms with Gasteiger partial charge in [-0.05, 0) is 31.2 Å². The molecule has 1 heterocycles.